The van der Waals surface area contributed by atoms with Crippen LogP contribution in [0.4, 0.5) is 9.39 Å². The molecule has 6 heteroatoms. The van der Waals surface area contributed by atoms with Crippen LogP contribution in [0, 0.1) is 17.1 Å². The van der Waals surface area contributed by atoms with Gasteiger partial charge in [0.2, 0.25) is 5.91 Å². The molecular weight excluding hydrogens is 349 g/mol. The SMILES string of the molecule is C[NH+](CCC(=O)Nc1sc2c(c1C#N)CCCC2)Cc1ccc(F)cc1. The Morgan fingerprint density at radius 3 is 2.77 bits per heavy atom. The molecule has 3 rings (SSSR count). The van der Waals surface area contributed by atoms with E-state index in [-0.39, 0.29) is 11.7 Å². The van der Waals surface area contributed by atoms with Crippen molar-refractivity contribution in [1.82, 2.24) is 0 Å². The minimum atomic E-state index is -0.238. The Morgan fingerprint density at radius 1 is 1.31 bits per heavy atom. The average molecular weight is 372 g/mol. The van der Waals surface area contributed by atoms with Crippen molar-refractivity contribution >= 4 is 22.2 Å². The molecule has 0 fully saturated rings. The number of rotatable bonds is 6. The van der Waals surface area contributed by atoms with Crippen LogP contribution >= 0.6 is 11.3 Å². The van der Waals surface area contributed by atoms with Crippen LogP contribution in [-0.4, -0.2) is 19.5 Å². The van der Waals surface area contributed by atoms with E-state index in [4.69, 9.17) is 0 Å². The van der Waals surface area contributed by atoms with Gasteiger partial charge in [-0.2, -0.15) is 5.26 Å². The van der Waals surface area contributed by atoms with Crippen molar-refractivity contribution in [2.75, 3.05) is 18.9 Å². The lowest BCUT2D eigenvalue weighted by Crippen LogP contribution is -3.07. The Hall–Kier alpha value is -2.23. The van der Waals surface area contributed by atoms with E-state index in [1.54, 1.807) is 23.5 Å². The van der Waals surface area contributed by atoms with E-state index in [0.29, 0.717) is 23.5 Å². The third kappa shape index (κ3) is 4.48. The van der Waals surface area contributed by atoms with Gasteiger partial charge in [0, 0.05) is 10.4 Å². The van der Waals surface area contributed by atoms with Crippen molar-refractivity contribution in [1.29, 1.82) is 5.26 Å². The number of hydrogen-bond acceptors (Lipinski definition) is 3. The van der Waals surface area contributed by atoms with Crippen LogP contribution in [0.3, 0.4) is 0 Å². The largest absolute Gasteiger partial charge is 0.333 e. The van der Waals surface area contributed by atoms with E-state index >= 15 is 0 Å². The molecule has 4 nitrogen and oxygen atoms in total. The Morgan fingerprint density at radius 2 is 2.04 bits per heavy atom. The number of nitrogens with one attached hydrogen (secondary N) is 2. The molecule has 0 saturated heterocycles. The first kappa shape index (κ1) is 18.6. The predicted molar refractivity (Wildman–Crippen MR) is 101 cm³/mol. The molecule has 0 spiro atoms. The molecule has 26 heavy (non-hydrogen) atoms. The molecule has 0 bridgehead atoms. The van der Waals surface area contributed by atoms with E-state index in [1.807, 2.05) is 7.05 Å². The fraction of sp³-hybridized carbons (Fsp3) is 0.400. The maximum atomic E-state index is 13.0. The van der Waals surface area contributed by atoms with E-state index in [9.17, 15) is 14.4 Å². The van der Waals surface area contributed by atoms with Crippen LogP contribution in [0.1, 0.15) is 40.8 Å². The van der Waals surface area contributed by atoms with Crippen LogP contribution < -0.4 is 10.2 Å². The van der Waals surface area contributed by atoms with Gasteiger partial charge in [-0.1, -0.05) is 12.1 Å². The average Bonchev–Trinajstić information content (AvgIpc) is 2.99. The lowest BCUT2D eigenvalue weighted by atomic mass is 9.96. The van der Waals surface area contributed by atoms with Crippen molar-refractivity contribution in [3.63, 3.8) is 0 Å². The topological polar surface area (TPSA) is 57.3 Å². The summed E-state index contributed by atoms with van der Waals surface area (Å²) in [6, 6.07) is 8.73. The first-order valence-electron chi connectivity index (χ1n) is 8.97. The summed E-state index contributed by atoms with van der Waals surface area (Å²) in [7, 11) is 2.02. The molecule has 1 aliphatic carbocycles. The first-order valence-corrected chi connectivity index (χ1v) is 9.78. The van der Waals surface area contributed by atoms with Crippen molar-refractivity contribution in [2.45, 2.75) is 38.6 Å². The normalized spacial score (nSPS) is 14.3. The van der Waals surface area contributed by atoms with Crippen molar-refractivity contribution < 1.29 is 14.1 Å². The summed E-state index contributed by atoms with van der Waals surface area (Å²) in [5.41, 5.74) is 2.84. The van der Waals surface area contributed by atoms with E-state index < -0.39 is 0 Å². The minimum absolute atomic E-state index is 0.0569. The number of thiophene rings is 1. The molecule has 0 saturated carbocycles. The molecule has 1 aromatic heterocycles. The highest BCUT2D eigenvalue weighted by Gasteiger charge is 2.22. The van der Waals surface area contributed by atoms with Crippen LogP contribution in [0.25, 0.3) is 0 Å². The second kappa shape index (κ2) is 8.43. The highest BCUT2D eigenvalue weighted by atomic mass is 32.1. The lowest BCUT2D eigenvalue weighted by molar-refractivity contribution is -0.893. The summed E-state index contributed by atoms with van der Waals surface area (Å²) in [5, 5.41) is 13.1. The van der Waals surface area contributed by atoms with Crippen molar-refractivity contribution in [3.05, 3.63) is 51.7 Å². The fourth-order valence-electron chi connectivity index (χ4n) is 3.33. The summed E-state index contributed by atoms with van der Waals surface area (Å²) in [6.45, 7) is 1.42. The highest BCUT2D eigenvalue weighted by Crippen LogP contribution is 2.37. The van der Waals surface area contributed by atoms with Gasteiger partial charge in [0.1, 0.15) is 23.4 Å². The Labute approximate surface area is 157 Å². The monoisotopic (exact) mass is 372 g/mol. The number of fused-ring (bicyclic) bond motifs is 1. The van der Waals surface area contributed by atoms with Crippen LogP contribution in [-0.2, 0) is 24.2 Å². The number of halogens is 1. The standard InChI is InChI=1S/C20H22FN3OS/c1-24(13-14-6-8-15(21)9-7-14)11-10-19(25)23-20-17(12-22)16-4-2-3-5-18(16)26-20/h6-9H,2-5,10-11,13H2,1H3,(H,23,25)/p+1. The number of anilines is 1. The number of aryl methyl sites for hydroxylation is 1. The maximum absolute atomic E-state index is 13.0. The lowest BCUT2D eigenvalue weighted by Gasteiger charge is -2.14. The van der Waals surface area contributed by atoms with E-state index in [0.717, 1.165) is 43.4 Å². The summed E-state index contributed by atoms with van der Waals surface area (Å²) < 4.78 is 13.0. The summed E-state index contributed by atoms with van der Waals surface area (Å²) in [4.78, 5) is 14.7. The molecule has 1 aromatic carbocycles. The maximum Gasteiger partial charge on any atom is 0.230 e. The van der Waals surface area contributed by atoms with Gasteiger partial charge < -0.3 is 10.2 Å². The number of carbonyl (C=O) groups is 1. The van der Waals surface area contributed by atoms with Crippen LogP contribution in [0.5, 0.6) is 0 Å². The molecule has 0 aliphatic heterocycles. The van der Waals surface area contributed by atoms with Gasteiger partial charge in [0.25, 0.3) is 0 Å². The minimum Gasteiger partial charge on any atom is -0.333 e. The fourth-order valence-corrected chi connectivity index (χ4v) is 4.58. The third-order valence-corrected chi connectivity index (χ3v) is 5.94. The first-order chi connectivity index (χ1) is 12.6. The molecule has 1 atom stereocenters. The number of benzene rings is 1. The Balaban J connectivity index is 1.53. The molecular formula is C20H23FN3OS+. The summed E-state index contributed by atoms with van der Waals surface area (Å²) >= 11 is 1.56. The Kier molecular flexibility index (Phi) is 6.02. The molecule has 136 valence electrons. The van der Waals surface area contributed by atoms with Gasteiger partial charge in [-0.3, -0.25) is 4.79 Å². The second-order valence-electron chi connectivity index (χ2n) is 6.84. The number of carbonyl (C=O) groups excluding carboxylic acids is 1. The zero-order valence-electron chi connectivity index (χ0n) is 14.9. The summed E-state index contributed by atoms with van der Waals surface area (Å²) in [5.74, 6) is -0.295. The van der Waals surface area contributed by atoms with Gasteiger partial charge in [-0.15, -0.1) is 11.3 Å². The van der Waals surface area contributed by atoms with Gasteiger partial charge in [0.15, 0.2) is 0 Å². The molecule has 0 radical (unpaired) electrons. The molecule has 1 unspecified atom stereocenters. The van der Waals surface area contributed by atoms with E-state index in [1.165, 1.54) is 21.9 Å². The zero-order valence-corrected chi connectivity index (χ0v) is 15.7. The smallest absolute Gasteiger partial charge is 0.230 e. The predicted octanol–water partition coefficient (Wildman–Crippen LogP) is 2.68. The van der Waals surface area contributed by atoms with Gasteiger partial charge in [-0.05, 0) is 43.4 Å². The number of amides is 1. The van der Waals surface area contributed by atoms with Crippen LogP contribution in [0.2, 0.25) is 0 Å². The number of hydrogen-bond donors (Lipinski definition) is 2. The van der Waals surface area contributed by atoms with E-state index in [2.05, 4.69) is 11.4 Å². The third-order valence-electron chi connectivity index (χ3n) is 4.73. The summed E-state index contributed by atoms with van der Waals surface area (Å²) in [6.07, 6.45) is 4.61. The van der Waals surface area contributed by atoms with Crippen LogP contribution in [0.15, 0.2) is 24.3 Å². The number of nitrogens with zero attached hydrogens (tertiary/aromatic N) is 1. The quantitative estimate of drug-likeness (QED) is 0.819. The molecule has 1 heterocycles. The molecule has 1 aliphatic rings. The van der Waals surface area contributed by atoms with Crippen molar-refractivity contribution in [2.24, 2.45) is 0 Å². The van der Waals surface area contributed by atoms with Crippen molar-refractivity contribution in [3.8, 4) is 6.07 Å². The van der Waals surface area contributed by atoms with Gasteiger partial charge in [0.05, 0.1) is 25.6 Å². The molecule has 1 amide bonds. The zero-order chi connectivity index (χ0) is 18.5. The molecule has 2 N–H and O–H groups in total. The number of nitriles is 1. The number of quaternary nitrogens is 1. The van der Waals surface area contributed by atoms with Gasteiger partial charge in [-0.25, -0.2) is 4.39 Å². The second-order valence-corrected chi connectivity index (χ2v) is 7.94. The molecule has 2 aromatic rings. The highest BCUT2D eigenvalue weighted by molar-refractivity contribution is 7.16. The van der Waals surface area contributed by atoms with Gasteiger partial charge >= 0.3 is 0 Å². The Bertz CT molecular complexity index is 823.